The van der Waals surface area contributed by atoms with Gasteiger partial charge in [0.2, 0.25) is 5.95 Å². The molecule has 6 nitrogen and oxygen atoms in total. The Kier molecular flexibility index (Phi) is 4.95. The van der Waals surface area contributed by atoms with Crippen molar-refractivity contribution in [2.75, 3.05) is 49.5 Å². The molecule has 1 aliphatic heterocycles. The third-order valence-electron chi connectivity index (χ3n) is 3.34. The average Bonchev–Trinajstić information content (AvgIpc) is 2.40. The summed E-state index contributed by atoms with van der Waals surface area (Å²) in [6, 6.07) is 0. The standard InChI is InChI=1S/C14H24FN5O/c1-4-16-13-17-9-11(15)12(18-13)20-7-5-19(6-8-20)10-14(2,3)21/h9,21H,4-8,10H2,1-3H3,(H,16,17,18). The van der Waals surface area contributed by atoms with Gasteiger partial charge in [0.05, 0.1) is 11.8 Å². The van der Waals surface area contributed by atoms with Crippen LogP contribution in [0.1, 0.15) is 20.8 Å². The van der Waals surface area contributed by atoms with E-state index in [0.29, 0.717) is 37.9 Å². The predicted octanol–water partition coefficient (Wildman–Crippen LogP) is 0.940. The largest absolute Gasteiger partial charge is 0.389 e. The Bertz CT molecular complexity index is 469. The molecule has 0 spiro atoms. The van der Waals surface area contributed by atoms with E-state index in [0.717, 1.165) is 13.1 Å². The number of hydrogen-bond donors (Lipinski definition) is 2. The summed E-state index contributed by atoms with van der Waals surface area (Å²) >= 11 is 0. The second kappa shape index (κ2) is 6.53. The van der Waals surface area contributed by atoms with Gasteiger partial charge < -0.3 is 15.3 Å². The summed E-state index contributed by atoms with van der Waals surface area (Å²) in [7, 11) is 0. The van der Waals surface area contributed by atoms with Crippen LogP contribution in [-0.2, 0) is 0 Å². The second-order valence-corrected chi connectivity index (χ2v) is 5.97. The molecule has 1 saturated heterocycles. The van der Waals surface area contributed by atoms with Gasteiger partial charge in [0.1, 0.15) is 0 Å². The lowest BCUT2D eigenvalue weighted by atomic mass is 10.1. The van der Waals surface area contributed by atoms with Crippen LogP contribution in [0, 0.1) is 5.82 Å². The fourth-order valence-electron chi connectivity index (χ4n) is 2.49. The predicted molar refractivity (Wildman–Crippen MR) is 81.1 cm³/mol. The summed E-state index contributed by atoms with van der Waals surface area (Å²) in [6.07, 6.45) is 1.21. The Morgan fingerprint density at radius 2 is 2.00 bits per heavy atom. The van der Waals surface area contributed by atoms with Gasteiger partial charge in [-0.25, -0.2) is 9.37 Å². The van der Waals surface area contributed by atoms with Crippen LogP contribution < -0.4 is 10.2 Å². The minimum absolute atomic E-state index is 0.351. The van der Waals surface area contributed by atoms with Crippen molar-refractivity contribution in [2.24, 2.45) is 0 Å². The van der Waals surface area contributed by atoms with Gasteiger partial charge in [0.15, 0.2) is 11.6 Å². The quantitative estimate of drug-likeness (QED) is 0.843. The van der Waals surface area contributed by atoms with Crippen LogP contribution >= 0.6 is 0 Å². The van der Waals surface area contributed by atoms with Gasteiger partial charge in [-0.3, -0.25) is 4.90 Å². The number of halogens is 1. The van der Waals surface area contributed by atoms with Gasteiger partial charge in [-0.15, -0.1) is 0 Å². The van der Waals surface area contributed by atoms with Crippen LogP contribution in [0.4, 0.5) is 16.2 Å². The highest BCUT2D eigenvalue weighted by Crippen LogP contribution is 2.19. The molecule has 0 unspecified atom stereocenters. The molecule has 7 heteroatoms. The van der Waals surface area contributed by atoms with Crippen LogP contribution in [-0.4, -0.2) is 64.8 Å². The fourth-order valence-corrected chi connectivity index (χ4v) is 2.49. The maximum Gasteiger partial charge on any atom is 0.224 e. The lowest BCUT2D eigenvalue weighted by Gasteiger charge is -2.37. The number of β-amino-alcohol motifs (C(OH)–C–C–N with tert-alkyl or cyclic N) is 1. The number of anilines is 2. The van der Waals surface area contributed by atoms with Crippen molar-refractivity contribution in [3.05, 3.63) is 12.0 Å². The molecule has 21 heavy (non-hydrogen) atoms. The zero-order chi connectivity index (χ0) is 15.5. The van der Waals surface area contributed by atoms with Crippen molar-refractivity contribution in [2.45, 2.75) is 26.4 Å². The summed E-state index contributed by atoms with van der Waals surface area (Å²) in [5.74, 6) is 0.407. The van der Waals surface area contributed by atoms with E-state index in [1.54, 1.807) is 13.8 Å². The lowest BCUT2D eigenvalue weighted by Crippen LogP contribution is -2.51. The monoisotopic (exact) mass is 297 g/mol. The molecule has 0 amide bonds. The Hall–Kier alpha value is -1.47. The maximum atomic E-state index is 13.9. The van der Waals surface area contributed by atoms with Crippen molar-refractivity contribution in [1.82, 2.24) is 14.9 Å². The zero-order valence-corrected chi connectivity index (χ0v) is 12.9. The van der Waals surface area contributed by atoms with Crippen molar-refractivity contribution < 1.29 is 9.50 Å². The molecule has 1 aromatic rings. The third kappa shape index (κ3) is 4.50. The van der Waals surface area contributed by atoms with Gasteiger partial charge >= 0.3 is 0 Å². The van der Waals surface area contributed by atoms with Gasteiger partial charge in [-0.2, -0.15) is 4.98 Å². The number of aromatic nitrogens is 2. The second-order valence-electron chi connectivity index (χ2n) is 5.97. The Labute approximate surface area is 125 Å². The molecule has 0 aromatic carbocycles. The molecule has 1 aromatic heterocycles. The number of rotatable bonds is 5. The Morgan fingerprint density at radius 1 is 1.33 bits per heavy atom. The van der Waals surface area contributed by atoms with Crippen molar-refractivity contribution >= 4 is 11.8 Å². The molecule has 2 N–H and O–H groups in total. The van der Waals surface area contributed by atoms with Crippen LogP contribution in [0.5, 0.6) is 0 Å². The van der Waals surface area contributed by atoms with Gasteiger partial charge in [-0.1, -0.05) is 0 Å². The van der Waals surface area contributed by atoms with Crippen LogP contribution in [0.3, 0.4) is 0 Å². The molecule has 0 radical (unpaired) electrons. The molecule has 2 rings (SSSR count). The summed E-state index contributed by atoms with van der Waals surface area (Å²) in [4.78, 5) is 12.3. The van der Waals surface area contributed by atoms with Crippen LogP contribution in [0.15, 0.2) is 6.20 Å². The smallest absolute Gasteiger partial charge is 0.224 e. The molecule has 0 saturated carbocycles. The first-order chi connectivity index (χ1) is 9.89. The average molecular weight is 297 g/mol. The molecule has 1 fully saturated rings. The van der Waals surface area contributed by atoms with Crippen molar-refractivity contribution in [3.8, 4) is 0 Å². The minimum Gasteiger partial charge on any atom is -0.389 e. The number of nitrogens with zero attached hydrogens (tertiary/aromatic N) is 4. The van der Waals surface area contributed by atoms with Crippen molar-refractivity contribution in [3.63, 3.8) is 0 Å². The van der Waals surface area contributed by atoms with E-state index < -0.39 is 11.4 Å². The lowest BCUT2D eigenvalue weighted by molar-refractivity contribution is 0.0344. The number of piperazine rings is 1. The molecule has 118 valence electrons. The molecular weight excluding hydrogens is 273 g/mol. The SMILES string of the molecule is CCNc1ncc(F)c(N2CCN(CC(C)(C)O)CC2)n1. The first-order valence-electron chi connectivity index (χ1n) is 7.35. The summed E-state index contributed by atoms with van der Waals surface area (Å²) in [5.41, 5.74) is -0.708. The molecule has 1 aliphatic rings. The first kappa shape index (κ1) is 15.9. The van der Waals surface area contributed by atoms with Gasteiger partial charge in [0.25, 0.3) is 0 Å². The van der Waals surface area contributed by atoms with E-state index in [4.69, 9.17) is 0 Å². The van der Waals surface area contributed by atoms with E-state index in [2.05, 4.69) is 20.2 Å². The normalized spacial score (nSPS) is 17.1. The Morgan fingerprint density at radius 3 is 2.57 bits per heavy atom. The molecule has 0 aliphatic carbocycles. The summed E-state index contributed by atoms with van der Waals surface area (Å²) in [6.45, 7) is 9.80. The maximum absolute atomic E-state index is 13.9. The van der Waals surface area contributed by atoms with Crippen molar-refractivity contribution in [1.29, 1.82) is 0 Å². The summed E-state index contributed by atoms with van der Waals surface area (Å²) in [5, 5.41) is 12.8. The summed E-state index contributed by atoms with van der Waals surface area (Å²) < 4.78 is 13.9. The molecular formula is C14H24FN5O. The minimum atomic E-state index is -0.708. The molecule has 0 bridgehead atoms. The van der Waals surface area contributed by atoms with E-state index in [1.807, 2.05) is 11.8 Å². The molecule has 2 heterocycles. The first-order valence-corrected chi connectivity index (χ1v) is 7.35. The zero-order valence-electron chi connectivity index (χ0n) is 12.9. The highest BCUT2D eigenvalue weighted by Gasteiger charge is 2.24. The Balaban J connectivity index is 2.00. The number of hydrogen-bond acceptors (Lipinski definition) is 6. The fraction of sp³-hybridized carbons (Fsp3) is 0.714. The van der Waals surface area contributed by atoms with E-state index in [-0.39, 0.29) is 0 Å². The van der Waals surface area contributed by atoms with Crippen LogP contribution in [0.2, 0.25) is 0 Å². The highest BCUT2D eigenvalue weighted by atomic mass is 19.1. The van der Waals surface area contributed by atoms with Gasteiger partial charge in [0, 0.05) is 39.3 Å². The topological polar surface area (TPSA) is 64.5 Å². The van der Waals surface area contributed by atoms with E-state index in [9.17, 15) is 9.50 Å². The highest BCUT2D eigenvalue weighted by molar-refractivity contribution is 5.44. The van der Waals surface area contributed by atoms with Crippen LogP contribution in [0.25, 0.3) is 0 Å². The van der Waals surface area contributed by atoms with Gasteiger partial charge in [-0.05, 0) is 20.8 Å². The third-order valence-corrected chi connectivity index (χ3v) is 3.34. The van der Waals surface area contributed by atoms with E-state index in [1.165, 1.54) is 6.20 Å². The molecule has 0 atom stereocenters. The number of aliphatic hydroxyl groups is 1. The van der Waals surface area contributed by atoms with E-state index >= 15 is 0 Å². The number of nitrogens with one attached hydrogen (secondary N) is 1.